The molecule has 2 saturated heterocycles. The van der Waals surface area contributed by atoms with Crippen molar-refractivity contribution in [2.24, 2.45) is 0 Å². The van der Waals surface area contributed by atoms with Crippen LogP contribution in [0.15, 0.2) is 0 Å². The number of hydrogen-bond acceptors (Lipinski definition) is 8. The van der Waals surface area contributed by atoms with Crippen LogP contribution < -0.4 is 40.4 Å². The fraction of sp³-hybridized carbons (Fsp3) is 0.750. The van der Waals surface area contributed by atoms with Crippen molar-refractivity contribution in [1.29, 1.82) is 0 Å². The molecule has 0 aliphatic carbocycles. The molecule has 0 unspecified atom stereocenters. The summed E-state index contributed by atoms with van der Waals surface area (Å²) in [5.74, 6) is -0.676. The van der Waals surface area contributed by atoms with Crippen LogP contribution in [-0.4, -0.2) is 65.2 Å². The Bertz CT molecular complexity index is 679. The van der Waals surface area contributed by atoms with Crippen LogP contribution in [0.4, 0.5) is 9.59 Å². The largest absolute Gasteiger partial charge is 1.00 e. The third-order valence-electron chi connectivity index (χ3n) is 3.48. The maximum absolute atomic E-state index is 12.2. The Labute approximate surface area is 172 Å². The first-order chi connectivity index (χ1) is 11.4. The van der Waals surface area contributed by atoms with E-state index in [2.05, 4.69) is 15.1 Å². The molecule has 2 N–H and O–H groups in total. The van der Waals surface area contributed by atoms with Crippen molar-refractivity contribution in [1.82, 2.24) is 20.8 Å². The van der Waals surface area contributed by atoms with Crippen molar-refractivity contribution in [2.45, 2.75) is 51.3 Å². The van der Waals surface area contributed by atoms with Crippen molar-refractivity contribution in [3.05, 3.63) is 0 Å². The Kier molecular flexibility index (Phi) is 7.29. The van der Waals surface area contributed by atoms with Gasteiger partial charge in [0.25, 0.3) is 5.91 Å². The van der Waals surface area contributed by atoms with Crippen LogP contribution in [0.5, 0.6) is 0 Å². The fourth-order valence-electron chi connectivity index (χ4n) is 2.60. The molecule has 2 atom stereocenters. The number of nitrogens with zero attached hydrogens (tertiary/aromatic N) is 2. The maximum Gasteiger partial charge on any atom is 1.00 e. The van der Waals surface area contributed by atoms with E-state index in [0.29, 0.717) is 5.06 Å². The maximum atomic E-state index is 12.2. The van der Waals surface area contributed by atoms with E-state index in [1.54, 1.807) is 20.8 Å². The van der Waals surface area contributed by atoms with Crippen LogP contribution in [0.1, 0.15) is 33.6 Å². The summed E-state index contributed by atoms with van der Waals surface area (Å²) in [6, 6.07) is -2.49. The summed E-state index contributed by atoms with van der Waals surface area (Å²) in [7, 11) is -5.10. The molecule has 14 heteroatoms. The average molecular weight is 402 g/mol. The van der Waals surface area contributed by atoms with Crippen LogP contribution in [0.3, 0.4) is 0 Å². The second-order valence-corrected chi connectivity index (χ2v) is 7.57. The van der Waals surface area contributed by atoms with E-state index in [-0.39, 0.29) is 48.9 Å². The molecule has 2 aliphatic heterocycles. The number of urea groups is 1. The first kappa shape index (κ1) is 22.9. The predicted molar refractivity (Wildman–Crippen MR) is 79.0 cm³/mol. The number of fused-ring (bicyclic) bond motifs is 2. The minimum absolute atomic E-state index is 0. The van der Waals surface area contributed by atoms with Crippen molar-refractivity contribution in [3.63, 3.8) is 0 Å². The molecule has 0 aromatic rings. The normalized spacial score (nSPS) is 22.5. The van der Waals surface area contributed by atoms with Gasteiger partial charge in [-0.15, -0.1) is 0 Å². The molecule has 2 rings (SSSR count). The minimum Gasteiger partial charge on any atom is -0.724 e. The van der Waals surface area contributed by atoms with Crippen LogP contribution in [0.25, 0.3) is 0 Å². The zero-order valence-corrected chi connectivity index (χ0v) is 17.7. The smallest absolute Gasteiger partial charge is 0.724 e. The number of hydrazine groups is 1. The van der Waals surface area contributed by atoms with Gasteiger partial charge in [0.05, 0.1) is 6.04 Å². The van der Waals surface area contributed by atoms with Gasteiger partial charge < -0.3 is 14.2 Å². The molecule has 0 radical (unpaired) electrons. The number of rotatable bonds is 3. The van der Waals surface area contributed by atoms with Gasteiger partial charge in [-0.25, -0.2) is 23.4 Å². The summed E-state index contributed by atoms with van der Waals surface area (Å²) in [6.07, 6.45) is -0.413. The molecule has 142 valence electrons. The Morgan fingerprint density at radius 3 is 2.38 bits per heavy atom. The Hall–Kier alpha value is -1.12. The third-order valence-corrected chi connectivity index (χ3v) is 3.83. The zero-order valence-electron chi connectivity index (χ0n) is 14.8. The summed E-state index contributed by atoms with van der Waals surface area (Å²) in [5, 5.41) is 0.469. The van der Waals surface area contributed by atoms with Crippen LogP contribution in [-0.2, 0) is 24.2 Å². The molecule has 26 heavy (non-hydrogen) atoms. The average Bonchev–Trinajstić information content (AvgIpc) is 2.67. The number of amides is 4. The first-order valence-electron chi connectivity index (χ1n) is 7.41. The van der Waals surface area contributed by atoms with E-state index in [9.17, 15) is 27.4 Å². The van der Waals surface area contributed by atoms with Crippen molar-refractivity contribution in [3.8, 4) is 0 Å². The van der Waals surface area contributed by atoms with Crippen molar-refractivity contribution < 1.29 is 65.9 Å². The van der Waals surface area contributed by atoms with E-state index in [1.165, 1.54) is 0 Å². The van der Waals surface area contributed by atoms with Gasteiger partial charge in [0, 0.05) is 6.54 Å². The number of ether oxygens (including phenoxy) is 1. The molecule has 0 saturated carbocycles. The molecule has 4 amide bonds. The van der Waals surface area contributed by atoms with E-state index in [1.807, 2.05) is 0 Å². The van der Waals surface area contributed by atoms with E-state index < -0.39 is 46.1 Å². The second-order valence-electron chi connectivity index (χ2n) is 6.61. The van der Waals surface area contributed by atoms with Crippen molar-refractivity contribution in [2.75, 3.05) is 6.54 Å². The number of hydrogen-bond donors (Lipinski definition) is 2. The Morgan fingerprint density at radius 2 is 1.85 bits per heavy atom. The SMILES string of the molecule is CC(C)(C)OC(=O)NNC(=O)[C@@H]1CC[C@H]2CN1C(=O)N2OS(=O)(=O)[O-].[Na+]. The van der Waals surface area contributed by atoms with Gasteiger partial charge in [0.1, 0.15) is 11.6 Å². The number of carbonyl (C=O) groups is 3. The minimum atomic E-state index is -5.10. The molecule has 0 spiro atoms. The quantitative estimate of drug-likeness (QED) is 0.211. The summed E-state index contributed by atoms with van der Waals surface area (Å²) in [5.41, 5.74) is 3.46. The summed E-state index contributed by atoms with van der Waals surface area (Å²) in [6.45, 7) is 4.98. The van der Waals surface area contributed by atoms with E-state index in [0.717, 1.165) is 4.90 Å². The second kappa shape index (κ2) is 8.27. The van der Waals surface area contributed by atoms with Gasteiger partial charge in [-0.1, -0.05) is 0 Å². The molecule has 2 bridgehead atoms. The van der Waals surface area contributed by atoms with E-state index >= 15 is 0 Å². The standard InChI is InChI=1S/C12H20N4O8S.Na/c1-12(2,3)23-10(18)14-13-9(17)8-5-4-7-6-15(8)11(19)16(7)24-25(20,21)22;/h7-8H,4-6H2,1-3H3,(H,13,17)(H,14,18)(H,20,21,22);/q;+1/p-1/t7-,8-;/m0./s1. The van der Waals surface area contributed by atoms with E-state index in [4.69, 9.17) is 4.74 Å². The fourth-order valence-corrected chi connectivity index (χ4v) is 2.98. The monoisotopic (exact) mass is 402 g/mol. The third kappa shape index (κ3) is 5.96. The Morgan fingerprint density at radius 1 is 1.23 bits per heavy atom. The first-order valence-corrected chi connectivity index (χ1v) is 8.75. The molecule has 2 aliphatic rings. The number of carbonyl (C=O) groups excluding carboxylic acids is 3. The molecule has 0 aromatic carbocycles. The Balaban J connectivity index is 0.00000338. The van der Waals surface area contributed by atoms with Gasteiger partial charge in [-0.2, -0.15) is 9.35 Å². The van der Waals surface area contributed by atoms with Crippen LogP contribution in [0, 0.1) is 0 Å². The summed E-state index contributed by atoms with van der Waals surface area (Å²) >= 11 is 0. The molecule has 0 aromatic heterocycles. The predicted octanol–water partition coefficient (Wildman–Crippen LogP) is -3.79. The van der Waals surface area contributed by atoms with Gasteiger partial charge in [-0.05, 0) is 33.6 Å². The van der Waals surface area contributed by atoms with Gasteiger partial charge >= 0.3 is 41.7 Å². The van der Waals surface area contributed by atoms with Crippen molar-refractivity contribution >= 4 is 28.4 Å². The number of hydroxylamine groups is 2. The molecule has 12 nitrogen and oxygen atoms in total. The zero-order chi connectivity index (χ0) is 19.0. The van der Waals surface area contributed by atoms with Gasteiger partial charge in [-0.3, -0.25) is 10.2 Å². The number of piperidine rings is 1. The molecular weight excluding hydrogens is 383 g/mol. The number of nitrogens with one attached hydrogen (secondary N) is 2. The molecule has 2 heterocycles. The van der Waals surface area contributed by atoms with Gasteiger partial charge in [0.15, 0.2) is 0 Å². The van der Waals surface area contributed by atoms with Crippen LogP contribution in [0.2, 0.25) is 0 Å². The van der Waals surface area contributed by atoms with Gasteiger partial charge in [0.2, 0.25) is 10.4 Å². The molecular formula is C12H19N4NaO8S. The molecule has 2 fully saturated rings. The summed E-state index contributed by atoms with van der Waals surface area (Å²) in [4.78, 5) is 36.9. The summed E-state index contributed by atoms with van der Waals surface area (Å²) < 4.78 is 41.2. The topological polar surface area (TPSA) is 157 Å². The van der Waals surface area contributed by atoms with Crippen LogP contribution >= 0.6 is 0 Å².